The van der Waals surface area contributed by atoms with E-state index in [2.05, 4.69) is 17.1 Å². The molecule has 0 radical (unpaired) electrons. The van der Waals surface area contributed by atoms with Crippen LogP contribution in [0, 0.1) is 12.7 Å². The van der Waals surface area contributed by atoms with E-state index in [1.54, 1.807) is 6.07 Å². The van der Waals surface area contributed by atoms with Gasteiger partial charge in [-0.2, -0.15) is 0 Å². The van der Waals surface area contributed by atoms with Gasteiger partial charge in [-0.15, -0.1) is 0 Å². The molecular weight excluding hydrogens is 203 g/mol. The fraction of sp³-hybridized carbons (Fsp3) is 0.538. The SMILES string of the molecule is CCC1CNCCN1c1cc(C)ccc1F. The Balaban J connectivity index is 2.30. The van der Waals surface area contributed by atoms with Gasteiger partial charge < -0.3 is 10.2 Å². The van der Waals surface area contributed by atoms with Crippen LogP contribution in [-0.4, -0.2) is 25.7 Å². The number of nitrogens with zero attached hydrogens (tertiary/aromatic N) is 1. The number of hydrogen-bond acceptors (Lipinski definition) is 2. The molecule has 1 aromatic carbocycles. The van der Waals surface area contributed by atoms with Gasteiger partial charge in [0.05, 0.1) is 5.69 Å². The lowest BCUT2D eigenvalue weighted by molar-refractivity contribution is 0.459. The van der Waals surface area contributed by atoms with Gasteiger partial charge in [0.1, 0.15) is 5.82 Å². The van der Waals surface area contributed by atoms with Crippen LogP contribution in [0.1, 0.15) is 18.9 Å². The fourth-order valence-corrected chi connectivity index (χ4v) is 2.29. The first kappa shape index (κ1) is 11.4. The van der Waals surface area contributed by atoms with Gasteiger partial charge in [0.25, 0.3) is 0 Å². The van der Waals surface area contributed by atoms with Crippen LogP contribution in [0.25, 0.3) is 0 Å². The molecule has 1 heterocycles. The number of hydrogen-bond donors (Lipinski definition) is 1. The summed E-state index contributed by atoms with van der Waals surface area (Å²) in [5.74, 6) is -0.106. The van der Waals surface area contributed by atoms with E-state index in [9.17, 15) is 4.39 Å². The highest BCUT2D eigenvalue weighted by atomic mass is 19.1. The molecule has 16 heavy (non-hydrogen) atoms. The molecule has 0 aromatic heterocycles. The van der Waals surface area contributed by atoms with Crippen molar-refractivity contribution in [3.8, 4) is 0 Å². The first-order valence-electron chi connectivity index (χ1n) is 5.96. The van der Waals surface area contributed by atoms with Crippen molar-refractivity contribution in [3.05, 3.63) is 29.6 Å². The van der Waals surface area contributed by atoms with E-state index in [0.717, 1.165) is 37.3 Å². The number of rotatable bonds is 2. The molecule has 0 aliphatic carbocycles. The summed E-state index contributed by atoms with van der Waals surface area (Å²) in [4.78, 5) is 2.19. The third-order valence-electron chi connectivity index (χ3n) is 3.23. The average Bonchev–Trinajstić information content (AvgIpc) is 2.32. The summed E-state index contributed by atoms with van der Waals surface area (Å²) in [5, 5.41) is 3.36. The Morgan fingerprint density at radius 3 is 3.06 bits per heavy atom. The molecule has 1 N–H and O–H groups in total. The van der Waals surface area contributed by atoms with Gasteiger partial charge in [-0.1, -0.05) is 13.0 Å². The van der Waals surface area contributed by atoms with Crippen molar-refractivity contribution in [2.45, 2.75) is 26.3 Å². The van der Waals surface area contributed by atoms with Crippen LogP contribution in [0.5, 0.6) is 0 Å². The lowest BCUT2D eigenvalue weighted by atomic mass is 10.1. The molecule has 2 nitrogen and oxygen atoms in total. The number of piperazine rings is 1. The normalized spacial score (nSPS) is 21.2. The van der Waals surface area contributed by atoms with Crippen LogP contribution < -0.4 is 10.2 Å². The van der Waals surface area contributed by atoms with Gasteiger partial charge in [-0.25, -0.2) is 4.39 Å². The monoisotopic (exact) mass is 222 g/mol. The van der Waals surface area contributed by atoms with Gasteiger partial charge in [0.15, 0.2) is 0 Å². The molecule has 3 heteroatoms. The maximum absolute atomic E-state index is 13.8. The summed E-state index contributed by atoms with van der Waals surface area (Å²) in [6.45, 7) is 6.93. The Bertz CT molecular complexity index is 365. The smallest absolute Gasteiger partial charge is 0.146 e. The molecule has 2 rings (SSSR count). The second-order valence-corrected chi connectivity index (χ2v) is 4.41. The molecule has 1 unspecified atom stereocenters. The quantitative estimate of drug-likeness (QED) is 0.826. The molecular formula is C13H19FN2. The molecule has 0 saturated carbocycles. The zero-order valence-electron chi connectivity index (χ0n) is 9.96. The first-order chi connectivity index (χ1) is 7.72. The van der Waals surface area contributed by atoms with Crippen molar-refractivity contribution in [1.29, 1.82) is 0 Å². The van der Waals surface area contributed by atoms with Gasteiger partial charge >= 0.3 is 0 Å². The van der Waals surface area contributed by atoms with E-state index >= 15 is 0 Å². The topological polar surface area (TPSA) is 15.3 Å². The second kappa shape index (κ2) is 4.83. The van der Waals surface area contributed by atoms with Crippen molar-refractivity contribution >= 4 is 5.69 Å². The van der Waals surface area contributed by atoms with Crippen molar-refractivity contribution in [3.63, 3.8) is 0 Å². The Kier molecular flexibility index (Phi) is 3.44. The minimum absolute atomic E-state index is 0.106. The largest absolute Gasteiger partial charge is 0.364 e. The minimum Gasteiger partial charge on any atom is -0.364 e. The van der Waals surface area contributed by atoms with Gasteiger partial charge in [0, 0.05) is 25.7 Å². The van der Waals surface area contributed by atoms with Crippen LogP contribution in [0.2, 0.25) is 0 Å². The lowest BCUT2D eigenvalue weighted by Crippen LogP contribution is -2.51. The molecule has 1 aromatic rings. The first-order valence-corrected chi connectivity index (χ1v) is 5.96. The number of halogens is 1. The van der Waals surface area contributed by atoms with Crippen molar-refractivity contribution < 1.29 is 4.39 Å². The zero-order chi connectivity index (χ0) is 11.5. The van der Waals surface area contributed by atoms with Crippen LogP contribution in [0.15, 0.2) is 18.2 Å². The predicted molar refractivity (Wildman–Crippen MR) is 65.4 cm³/mol. The number of nitrogens with one attached hydrogen (secondary N) is 1. The molecule has 0 bridgehead atoms. The summed E-state index contributed by atoms with van der Waals surface area (Å²) < 4.78 is 13.8. The Morgan fingerprint density at radius 1 is 1.50 bits per heavy atom. The van der Waals surface area contributed by atoms with Crippen molar-refractivity contribution in [2.24, 2.45) is 0 Å². The molecule has 0 spiro atoms. The van der Waals surface area contributed by atoms with E-state index in [1.165, 1.54) is 0 Å². The van der Waals surface area contributed by atoms with Crippen molar-refractivity contribution in [1.82, 2.24) is 5.32 Å². The maximum Gasteiger partial charge on any atom is 0.146 e. The Morgan fingerprint density at radius 2 is 2.31 bits per heavy atom. The van der Waals surface area contributed by atoms with Gasteiger partial charge in [0.2, 0.25) is 0 Å². The summed E-state index contributed by atoms with van der Waals surface area (Å²) in [7, 11) is 0. The van der Waals surface area contributed by atoms with Crippen molar-refractivity contribution in [2.75, 3.05) is 24.5 Å². The number of aryl methyl sites for hydroxylation is 1. The molecule has 1 fully saturated rings. The highest BCUT2D eigenvalue weighted by Crippen LogP contribution is 2.24. The van der Waals surface area contributed by atoms with E-state index in [-0.39, 0.29) is 5.82 Å². The van der Waals surface area contributed by atoms with E-state index < -0.39 is 0 Å². The summed E-state index contributed by atoms with van der Waals surface area (Å²) in [6, 6.07) is 5.75. The summed E-state index contributed by atoms with van der Waals surface area (Å²) >= 11 is 0. The Labute approximate surface area is 96.5 Å². The van der Waals surface area contributed by atoms with E-state index in [1.807, 2.05) is 19.1 Å². The van der Waals surface area contributed by atoms with E-state index in [4.69, 9.17) is 0 Å². The molecule has 1 saturated heterocycles. The highest BCUT2D eigenvalue weighted by molar-refractivity contribution is 5.51. The van der Waals surface area contributed by atoms with Crippen LogP contribution in [0.3, 0.4) is 0 Å². The standard InChI is InChI=1S/C13H19FN2/c1-3-11-9-15-6-7-16(11)13-8-10(2)4-5-12(13)14/h4-5,8,11,15H,3,6-7,9H2,1-2H3. The average molecular weight is 222 g/mol. The predicted octanol–water partition coefficient (Wildman–Crippen LogP) is 2.32. The third-order valence-corrected chi connectivity index (χ3v) is 3.23. The van der Waals surface area contributed by atoms with Gasteiger partial charge in [-0.05, 0) is 31.0 Å². The minimum atomic E-state index is -0.106. The molecule has 1 aliphatic heterocycles. The molecule has 0 amide bonds. The second-order valence-electron chi connectivity index (χ2n) is 4.41. The van der Waals surface area contributed by atoms with Crippen LogP contribution in [-0.2, 0) is 0 Å². The van der Waals surface area contributed by atoms with Gasteiger partial charge in [-0.3, -0.25) is 0 Å². The van der Waals surface area contributed by atoms with E-state index in [0.29, 0.717) is 6.04 Å². The number of benzene rings is 1. The summed E-state index contributed by atoms with van der Waals surface area (Å²) in [5.41, 5.74) is 1.87. The Hall–Kier alpha value is -1.09. The molecule has 88 valence electrons. The number of anilines is 1. The third kappa shape index (κ3) is 2.19. The molecule has 1 aliphatic rings. The fourth-order valence-electron chi connectivity index (χ4n) is 2.29. The van der Waals surface area contributed by atoms with Crippen LogP contribution >= 0.6 is 0 Å². The van der Waals surface area contributed by atoms with Crippen LogP contribution in [0.4, 0.5) is 10.1 Å². The highest BCUT2D eigenvalue weighted by Gasteiger charge is 2.22. The molecule has 1 atom stereocenters. The summed E-state index contributed by atoms with van der Waals surface area (Å²) in [6.07, 6.45) is 1.04. The zero-order valence-corrected chi connectivity index (χ0v) is 9.96. The maximum atomic E-state index is 13.8. The lowest BCUT2D eigenvalue weighted by Gasteiger charge is -2.37.